The molecule has 1 aliphatic carbocycles. The summed E-state index contributed by atoms with van der Waals surface area (Å²) in [7, 11) is 3.59. The van der Waals surface area contributed by atoms with Crippen LogP contribution in [0.2, 0.25) is 0 Å². The molecule has 0 bridgehead atoms. The lowest BCUT2D eigenvalue weighted by atomic mass is 9.73. The van der Waals surface area contributed by atoms with E-state index in [1.807, 2.05) is 43.1 Å². The van der Waals surface area contributed by atoms with Gasteiger partial charge in [-0.15, -0.1) is 0 Å². The van der Waals surface area contributed by atoms with Gasteiger partial charge in [-0.3, -0.25) is 0 Å². The van der Waals surface area contributed by atoms with Crippen LogP contribution in [0, 0.1) is 11.8 Å². The number of nitrogens with one attached hydrogen (secondary N) is 2. The summed E-state index contributed by atoms with van der Waals surface area (Å²) in [6.45, 7) is 5.33. The van der Waals surface area contributed by atoms with E-state index >= 15 is 0 Å². The predicted octanol–water partition coefficient (Wildman–Crippen LogP) is 3.90. The van der Waals surface area contributed by atoms with Crippen molar-refractivity contribution in [3.8, 4) is 5.75 Å². The average molecular weight is 476 g/mol. The lowest BCUT2D eigenvalue weighted by Gasteiger charge is -2.43. The molecular formula is C27H45N3O4. The van der Waals surface area contributed by atoms with Gasteiger partial charge >= 0.3 is 6.03 Å². The van der Waals surface area contributed by atoms with Crippen molar-refractivity contribution < 1.29 is 19.4 Å². The Kier molecular flexibility index (Phi) is 10.5. The standard InChI is InChI=1S/C27H45N3O4/c1-21(19-28-2)29-26(31)30-16-8-9-23(20-30)27(32,15-6-7-17-33-3)24-10-4-5-11-25(24)34-18-14-22-12-13-22/h4-5,10-11,21-23,28,32H,6-9,12-20H2,1-3H3,(H,29,31)/t21-,23+,27-/m0/s1. The van der Waals surface area contributed by atoms with Crippen molar-refractivity contribution in [2.45, 2.75) is 69.9 Å². The highest BCUT2D eigenvalue weighted by molar-refractivity contribution is 5.74. The number of likely N-dealkylation sites (N-methyl/N-ethyl adjacent to an activating group) is 1. The van der Waals surface area contributed by atoms with Crippen molar-refractivity contribution in [1.82, 2.24) is 15.5 Å². The van der Waals surface area contributed by atoms with Crippen molar-refractivity contribution in [1.29, 1.82) is 0 Å². The molecule has 1 aromatic carbocycles. The molecule has 2 fully saturated rings. The van der Waals surface area contributed by atoms with E-state index in [1.165, 1.54) is 12.8 Å². The summed E-state index contributed by atoms with van der Waals surface area (Å²) in [5.74, 6) is 1.53. The minimum absolute atomic E-state index is 0.0476. The molecule has 34 heavy (non-hydrogen) atoms. The second-order valence-corrected chi connectivity index (χ2v) is 10.1. The van der Waals surface area contributed by atoms with Gasteiger partial charge in [-0.05, 0) is 64.5 Å². The molecule has 0 unspecified atom stereocenters. The van der Waals surface area contributed by atoms with Gasteiger partial charge < -0.3 is 30.1 Å². The fraction of sp³-hybridized carbons (Fsp3) is 0.741. The van der Waals surface area contributed by atoms with E-state index in [0.29, 0.717) is 32.7 Å². The number of piperidine rings is 1. The third-order valence-corrected chi connectivity index (χ3v) is 7.25. The number of nitrogens with zero attached hydrogens (tertiary/aromatic N) is 1. The number of hydrogen-bond donors (Lipinski definition) is 3. The van der Waals surface area contributed by atoms with Crippen LogP contribution in [-0.4, -0.2) is 69.1 Å². The van der Waals surface area contributed by atoms with E-state index in [9.17, 15) is 9.90 Å². The Balaban J connectivity index is 1.76. The monoisotopic (exact) mass is 475 g/mol. The zero-order valence-electron chi connectivity index (χ0n) is 21.4. The van der Waals surface area contributed by atoms with Crippen LogP contribution in [0.25, 0.3) is 0 Å². The first-order valence-electron chi connectivity index (χ1n) is 13.1. The number of urea groups is 1. The van der Waals surface area contributed by atoms with Crippen molar-refractivity contribution in [3.63, 3.8) is 0 Å². The molecule has 7 heteroatoms. The maximum absolute atomic E-state index is 12.9. The summed E-state index contributed by atoms with van der Waals surface area (Å²) in [5.41, 5.74) is -0.196. The van der Waals surface area contributed by atoms with Crippen LogP contribution in [0.3, 0.4) is 0 Å². The molecule has 1 heterocycles. The Labute approximate surface area is 205 Å². The lowest BCUT2D eigenvalue weighted by molar-refractivity contribution is -0.0580. The van der Waals surface area contributed by atoms with Crippen LogP contribution in [0.15, 0.2) is 24.3 Å². The number of rotatable bonds is 14. The van der Waals surface area contributed by atoms with E-state index in [-0.39, 0.29) is 18.0 Å². The number of ether oxygens (including phenoxy) is 2. The first-order valence-corrected chi connectivity index (χ1v) is 13.1. The van der Waals surface area contributed by atoms with Gasteiger partial charge in [-0.2, -0.15) is 0 Å². The molecule has 2 aliphatic rings. The zero-order valence-corrected chi connectivity index (χ0v) is 21.4. The highest BCUT2D eigenvalue weighted by Crippen LogP contribution is 2.43. The minimum Gasteiger partial charge on any atom is -0.493 e. The number of methoxy groups -OCH3 is 1. The number of unbranched alkanes of at least 4 members (excludes halogenated alkanes) is 1. The van der Waals surface area contributed by atoms with Crippen LogP contribution in [0.5, 0.6) is 5.75 Å². The van der Waals surface area contributed by atoms with Gasteiger partial charge in [0.15, 0.2) is 0 Å². The molecule has 192 valence electrons. The zero-order chi connectivity index (χ0) is 24.4. The molecule has 1 saturated heterocycles. The number of hydrogen-bond acceptors (Lipinski definition) is 5. The lowest BCUT2D eigenvalue weighted by Crippen LogP contribution is -2.53. The smallest absolute Gasteiger partial charge is 0.317 e. The van der Waals surface area contributed by atoms with E-state index in [4.69, 9.17) is 9.47 Å². The summed E-state index contributed by atoms with van der Waals surface area (Å²) in [5, 5.41) is 18.5. The Hall–Kier alpha value is -1.83. The van der Waals surface area contributed by atoms with Gasteiger partial charge in [0.05, 0.1) is 12.2 Å². The Morgan fingerprint density at radius 1 is 1.24 bits per heavy atom. The quantitative estimate of drug-likeness (QED) is 0.356. The predicted molar refractivity (Wildman–Crippen MR) is 135 cm³/mol. The summed E-state index contributed by atoms with van der Waals surface area (Å²) in [6.07, 6.45) is 7.81. The van der Waals surface area contributed by atoms with Gasteiger partial charge in [0, 0.05) is 50.9 Å². The summed E-state index contributed by atoms with van der Waals surface area (Å²) < 4.78 is 11.5. The summed E-state index contributed by atoms with van der Waals surface area (Å²) in [6, 6.07) is 7.95. The van der Waals surface area contributed by atoms with Crippen molar-refractivity contribution in [2.24, 2.45) is 11.8 Å². The van der Waals surface area contributed by atoms with E-state index in [1.54, 1.807) is 7.11 Å². The van der Waals surface area contributed by atoms with Crippen LogP contribution in [0.1, 0.15) is 63.9 Å². The minimum atomic E-state index is -1.06. The number of amides is 2. The van der Waals surface area contributed by atoms with Crippen LogP contribution < -0.4 is 15.4 Å². The molecule has 7 nitrogen and oxygen atoms in total. The Morgan fingerprint density at radius 3 is 2.76 bits per heavy atom. The Bertz CT molecular complexity index is 757. The summed E-state index contributed by atoms with van der Waals surface area (Å²) >= 11 is 0. The molecule has 3 N–H and O–H groups in total. The third-order valence-electron chi connectivity index (χ3n) is 7.25. The van der Waals surface area contributed by atoms with Crippen LogP contribution >= 0.6 is 0 Å². The van der Waals surface area contributed by atoms with Gasteiger partial charge in [-0.25, -0.2) is 4.79 Å². The molecule has 1 saturated carbocycles. The average Bonchev–Trinajstić information content (AvgIpc) is 3.67. The van der Waals surface area contributed by atoms with E-state index in [0.717, 1.165) is 55.9 Å². The highest BCUT2D eigenvalue weighted by atomic mass is 16.5. The van der Waals surface area contributed by atoms with Gasteiger partial charge in [0.1, 0.15) is 5.75 Å². The fourth-order valence-electron chi connectivity index (χ4n) is 5.10. The first-order chi connectivity index (χ1) is 16.5. The molecule has 2 amide bonds. The van der Waals surface area contributed by atoms with Crippen molar-refractivity contribution in [3.05, 3.63) is 29.8 Å². The molecular weight excluding hydrogens is 430 g/mol. The molecule has 0 spiro atoms. The molecule has 3 rings (SSSR count). The maximum atomic E-state index is 12.9. The number of carbonyl (C=O) groups is 1. The largest absolute Gasteiger partial charge is 0.493 e. The summed E-state index contributed by atoms with van der Waals surface area (Å²) in [4.78, 5) is 14.8. The van der Waals surface area contributed by atoms with Gasteiger partial charge in [0.25, 0.3) is 0 Å². The maximum Gasteiger partial charge on any atom is 0.317 e. The number of benzene rings is 1. The topological polar surface area (TPSA) is 83.1 Å². The van der Waals surface area contributed by atoms with Crippen LogP contribution in [0.4, 0.5) is 4.79 Å². The van der Waals surface area contributed by atoms with Crippen molar-refractivity contribution in [2.75, 3.05) is 47.0 Å². The SMILES string of the molecule is CNC[C@H](C)NC(=O)N1CCC[C@@H]([C@@](O)(CCCCOC)c2ccccc2OCCC2CC2)C1. The Morgan fingerprint density at radius 2 is 2.03 bits per heavy atom. The van der Waals surface area contributed by atoms with Crippen LogP contribution in [-0.2, 0) is 10.3 Å². The normalized spacial score (nSPS) is 21.1. The number of para-hydroxylation sites is 1. The van der Waals surface area contributed by atoms with Gasteiger partial charge in [0.2, 0.25) is 0 Å². The molecule has 0 radical (unpaired) electrons. The number of likely N-dealkylation sites (tertiary alicyclic amines) is 1. The first kappa shape index (κ1) is 26.8. The van der Waals surface area contributed by atoms with Crippen molar-refractivity contribution >= 4 is 6.03 Å². The molecule has 1 aliphatic heterocycles. The second-order valence-electron chi connectivity index (χ2n) is 10.1. The molecule has 0 aromatic heterocycles. The fourth-order valence-corrected chi connectivity index (χ4v) is 5.10. The van der Waals surface area contributed by atoms with E-state index in [2.05, 4.69) is 10.6 Å². The number of aliphatic hydroxyl groups is 1. The van der Waals surface area contributed by atoms with Gasteiger partial charge in [-0.1, -0.05) is 31.0 Å². The molecule has 1 aromatic rings. The highest BCUT2D eigenvalue weighted by Gasteiger charge is 2.43. The third kappa shape index (κ3) is 7.59. The van der Waals surface area contributed by atoms with E-state index < -0.39 is 5.60 Å². The number of carbonyl (C=O) groups excluding carboxylic acids is 1. The molecule has 3 atom stereocenters. The second kappa shape index (κ2) is 13.3.